The van der Waals surface area contributed by atoms with Crippen molar-refractivity contribution >= 4 is 15.9 Å². The van der Waals surface area contributed by atoms with Crippen molar-refractivity contribution in [2.75, 3.05) is 13.1 Å². The van der Waals surface area contributed by atoms with Crippen molar-refractivity contribution in [3.63, 3.8) is 0 Å². The molecule has 26 heavy (non-hydrogen) atoms. The molecule has 0 saturated carbocycles. The average Bonchev–Trinajstić information content (AvgIpc) is 2.66. The maximum atomic E-state index is 12.6. The van der Waals surface area contributed by atoms with Crippen LogP contribution in [0.15, 0.2) is 29.4 Å². The van der Waals surface area contributed by atoms with Gasteiger partial charge in [0, 0.05) is 37.4 Å². The highest BCUT2D eigenvalue weighted by Crippen LogP contribution is 2.23. The summed E-state index contributed by atoms with van der Waals surface area (Å²) in [5.74, 6) is -0.0418. The van der Waals surface area contributed by atoms with Crippen molar-refractivity contribution in [3.8, 4) is 0 Å². The van der Waals surface area contributed by atoms with Gasteiger partial charge in [0.25, 0.3) is 0 Å². The van der Waals surface area contributed by atoms with Crippen molar-refractivity contribution in [2.45, 2.75) is 69.7 Å². The topological polar surface area (TPSA) is 79.4 Å². The van der Waals surface area contributed by atoms with E-state index in [-0.39, 0.29) is 22.8 Å². The molecular weight excluding hydrogens is 350 g/mol. The third-order valence-electron chi connectivity index (χ3n) is 4.98. The Hall–Kier alpha value is -1.47. The fourth-order valence-corrected chi connectivity index (χ4v) is 4.75. The molecule has 1 aliphatic heterocycles. The Labute approximate surface area is 157 Å². The second-order valence-electron chi connectivity index (χ2n) is 7.13. The van der Waals surface area contributed by atoms with Crippen LogP contribution >= 0.6 is 0 Å². The molecule has 1 amide bonds. The monoisotopic (exact) mass is 381 g/mol. The molecule has 0 aliphatic carbocycles. The standard InChI is InChI=1S/C19H31N3O3S/c1-3-4-5-6-8-16(2)21-19(23)17-10-13-22(14-11-17)26(24,25)18-9-7-12-20-15-18/h7,9,12,15-17H,3-6,8,10-11,13-14H2,1-2H3,(H,21,23). The Bertz CT molecular complexity index is 656. The van der Waals surface area contributed by atoms with Gasteiger partial charge in [-0.05, 0) is 38.3 Å². The van der Waals surface area contributed by atoms with Crippen molar-refractivity contribution in [1.29, 1.82) is 0 Å². The van der Waals surface area contributed by atoms with Crippen LogP contribution in [0.2, 0.25) is 0 Å². The van der Waals surface area contributed by atoms with E-state index in [2.05, 4.69) is 17.2 Å². The predicted octanol–water partition coefficient (Wildman–Crippen LogP) is 2.96. The lowest BCUT2D eigenvalue weighted by Gasteiger charge is -2.31. The van der Waals surface area contributed by atoms with Crippen LogP contribution in [0, 0.1) is 5.92 Å². The summed E-state index contributed by atoms with van der Waals surface area (Å²) < 4.78 is 26.7. The van der Waals surface area contributed by atoms with Crippen LogP contribution in [0.4, 0.5) is 0 Å². The Balaban J connectivity index is 1.79. The van der Waals surface area contributed by atoms with Crippen LogP contribution in [0.1, 0.15) is 58.8 Å². The molecule has 1 aromatic heterocycles. The normalized spacial score (nSPS) is 17.8. The number of piperidine rings is 1. The first-order valence-corrected chi connectivity index (χ1v) is 11.1. The van der Waals surface area contributed by atoms with Crippen molar-refractivity contribution in [3.05, 3.63) is 24.5 Å². The maximum Gasteiger partial charge on any atom is 0.244 e. The zero-order valence-electron chi connectivity index (χ0n) is 15.9. The summed E-state index contributed by atoms with van der Waals surface area (Å²) in [5.41, 5.74) is 0. The molecular formula is C19H31N3O3S. The van der Waals surface area contributed by atoms with E-state index in [0.717, 1.165) is 12.8 Å². The SMILES string of the molecule is CCCCCCC(C)NC(=O)C1CCN(S(=O)(=O)c2cccnc2)CC1. The fraction of sp³-hybridized carbons (Fsp3) is 0.684. The Morgan fingerprint density at radius 2 is 2.04 bits per heavy atom. The van der Waals surface area contributed by atoms with E-state index >= 15 is 0 Å². The molecule has 2 rings (SSSR count). The number of nitrogens with one attached hydrogen (secondary N) is 1. The number of sulfonamides is 1. The van der Waals surface area contributed by atoms with E-state index in [9.17, 15) is 13.2 Å². The van der Waals surface area contributed by atoms with Gasteiger partial charge in [-0.25, -0.2) is 8.42 Å². The summed E-state index contributed by atoms with van der Waals surface area (Å²) in [4.78, 5) is 16.5. The number of hydrogen-bond acceptors (Lipinski definition) is 4. The Kier molecular flexibility index (Phi) is 8.03. The maximum absolute atomic E-state index is 12.6. The molecule has 6 nitrogen and oxygen atoms in total. The smallest absolute Gasteiger partial charge is 0.244 e. The zero-order chi connectivity index (χ0) is 19.0. The summed E-state index contributed by atoms with van der Waals surface area (Å²) in [6, 6.07) is 3.35. The van der Waals surface area contributed by atoms with Crippen LogP contribution in [-0.2, 0) is 14.8 Å². The molecule has 7 heteroatoms. The van der Waals surface area contributed by atoms with Gasteiger partial charge in [-0.1, -0.05) is 32.6 Å². The third-order valence-corrected chi connectivity index (χ3v) is 6.86. The highest BCUT2D eigenvalue weighted by molar-refractivity contribution is 7.89. The van der Waals surface area contributed by atoms with Crippen LogP contribution in [0.3, 0.4) is 0 Å². The lowest BCUT2D eigenvalue weighted by molar-refractivity contribution is -0.126. The summed E-state index contributed by atoms with van der Waals surface area (Å²) in [6.07, 6.45) is 9.85. The van der Waals surface area contributed by atoms with E-state index in [4.69, 9.17) is 0 Å². The largest absolute Gasteiger partial charge is 0.353 e. The third kappa shape index (κ3) is 5.77. The first kappa shape index (κ1) is 20.8. The molecule has 1 fully saturated rings. The zero-order valence-corrected chi connectivity index (χ0v) is 16.7. The Morgan fingerprint density at radius 3 is 2.65 bits per heavy atom. The van der Waals surface area contributed by atoms with Crippen molar-refractivity contribution < 1.29 is 13.2 Å². The summed E-state index contributed by atoms with van der Waals surface area (Å²) in [5, 5.41) is 3.09. The first-order chi connectivity index (χ1) is 12.4. The van der Waals surface area contributed by atoms with Gasteiger partial charge in [-0.2, -0.15) is 4.31 Å². The Morgan fingerprint density at radius 1 is 1.31 bits per heavy atom. The number of unbranched alkanes of at least 4 members (excludes halogenated alkanes) is 3. The average molecular weight is 382 g/mol. The van der Waals surface area contributed by atoms with Gasteiger partial charge >= 0.3 is 0 Å². The number of hydrogen-bond donors (Lipinski definition) is 1. The molecule has 0 spiro atoms. The molecule has 1 saturated heterocycles. The van der Waals surface area contributed by atoms with Crippen LogP contribution in [-0.4, -0.2) is 42.7 Å². The number of nitrogens with zero attached hydrogens (tertiary/aromatic N) is 2. The van der Waals surface area contributed by atoms with Crippen LogP contribution in [0.5, 0.6) is 0 Å². The van der Waals surface area contributed by atoms with Gasteiger partial charge in [0.05, 0.1) is 0 Å². The number of carbonyl (C=O) groups excluding carboxylic acids is 1. The van der Waals surface area contributed by atoms with Gasteiger partial charge in [-0.15, -0.1) is 0 Å². The predicted molar refractivity (Wildman–Crippen MR) is 102 cm³/mol. The highest BCUT2D eigenvalue weighted by atomic mass is 32.2. The minimum Gasteiger partial charge on any atom is -0.353 e. The van der Waals surface area contributed by atoms with E-state index in [1.54, 1.807) is 18.3 Å². The van der Waals surface area contributed by atoms with Gasteiger partial charge in [-0.3, -0.25) is 9.78 Å². The molecule has 0 radical (unpaired) electrons. The molecule has 1 aromatic rings. The molecule has 146 valence electrons. The molecule has 1 unspecified atom stereocenters. The minimum atomic E-state index is -3.51. The van der Waals surface area contributed by atoms with Gasteiger partial charge in [0.2, 0.25) is 15.9 Å². The highest BCUT2D eigenvalue weighted by Gasteiger charge is 2.32. The first-order valence-electron chi connectivity index (χ1n) is 9.65. The molecule has 0 aromatic carbocycles. The van der Waals surface area contributed by atoms with Gasteiger partial charge in [0.15, 0.2) is 0 Å². The quantitative estimate of drug-likeness (QED) is 0.667. The summed E-state index contributed by atoms with van der Waals surface area (Å²) in [6.45, 7) is 4.98. The number of aromatic nitrogens is 1. The molecule has 0 bridgehead atoms. The van der Waals surface area contributed by atoms with Gasteiger partial charge in [0.1, 0.15) is 4.90 Å². The molecule has 1 atom stereocenters. The number of rotatable bonds is 9. The molecule has 1 aliphatic rings. The van der Waals surface area contributed by atoms with Crippen LogP contribution in [0.25, 0.3) is 0 Å². The van der Waals surface area contributed by atoms with Crippen molar-refractivity contribution in [1.82, 2.24) is 14.6 Å². The van der Waals surface area contributed by atoms with E-state index in [1.165, 1.54) is 29.8 Å². The summed E-state index contributed by atoms with van der Waals surface area (Å²) in [7, 11) is -3.51. The second kappa shape index (κ2) is 10.0. The van der Waals surface area contributed by atoms with Gasteiger partial charge < -0.3 is 5.32 Å². The number of carbonyl (C=O) groups is 1. The molecule has 2 heterocycles. The van der Waals surface area contributed by atoms with E-state index < -0.39 is 10.0 Å². The van der Waals surface area contributed by atoms with Crippen LogP contribution < -0.4 is 5.32 Å². The summed E-state index contributed by atoms with van der Waals surface area (Å²) >= 11 is 0. The lowest BCUT2D eigenvalue weighted by Crippen LogP contribution is -2.44. The van der Waals surface area contributed by atoms with Crippen molar-refractivity contribution in [2.24, 2.45) is 5.92 Å². The fourth-order valence-electron chi connectivity index (χ4n) is 3.32. The molecule has 1 N–H and O–H groups in total. The second-order valence-corrected chi connectivity index (χ2v) is 9.06. The van der Waals surface area contributed by atoms with E-state index in [1.807, 2.05) is 6.92 Å². The lowest BCUT2D eigenvalue weighted by atomic mass is 9.96. The number of amides is 1. The minimum absolute atomic E-state index is 0.0615. The number of pyridine rings is 1. The van der Waals surface area contributed by atoms with E-state index in [0.29, 0.717) is 25.9 Å².